The Morgan fingerprint density at radius 2 is 1.88 bits per heavy atom. The van der Waals surface area contributed by atoms with E-state index in [0.717, 1.165) is 38.3 Å². The number of piperidine rings is 1. The molecule has 0 bridgehead atoms. The Morgan fingerprint density at radius 3 is 2.50 bits per heavy atom. The van der Waals surface area contributed by atoms with E-state index in [1.54, 1.807) is 0 Å². The lowest BCUT2D eigenvalue weighted by molar-refractivity contribution is -0.0771. The molecule has 3 unspecified atom stereocenters. The van der Waals surface area contributed by atoms with Gasteiger partial charge in [-0.1, -0.05) is 42.5 Å². The molecule has 24 heavy (non-hydrogen) atoms. The number of likely N-dealkylation sites (tertiary alicyclic amines) is 1. The third-order valence-corrected chi connectivity index (χ3v) is 6.38. The Morgan fingerprint density at radius 1 is 1.21 bits per heavy atom. The van der Waals surface area contributed by atoms with Crippen LogP contribution in [0.5, 0.6) is 0 Å². The average Bonchev–Trinajstić information content (AvgIpc) is 2.56. The lowest BCUT2D eigenvalue weighted by Gasteiger charge is -2.48. The van der Waals surface area contributed by atoms with Crippen molar-refractivity contribution in [1.82, 2.24) is 4.90 Å². The molecule has 132 valence electrons. The van der Waals surface area contributed by atoms with Crippen LogP contribution < -0.4 is 0 Å². The lowest BCUT2D eigenvalue weighted by atomic mass is 9.72. The van der Waals surface area contributed by atoms with Crippen LogP contribution in [0.15, 0.2) is 42.5 Å². The number of hydrogen-bond donors (Lipinski definition) is 1. The Labute approximate surface area is 147 Å². The van der Waals surface area contributed by atoms with E-state index in [4.69, 9.17) is 0 Å². The smallest absolute Gasteiger partial charge is 0.0774 e. The van der Waals surface area contributed by atoms with Gasteiger partial charge in [0.2, 0.25) is 0 Å². The summed E-state index contributed by atoms with van der Waals surface area (Å²) in [4.78, 5) is 2.57. The van der Waals surface area contributed by atoms with Crippen molar-refractivity contribution in [1.29, 1.82) is 0 Å². The molecule has 1 saturated carbocycles. The van der Waals surface area contributed by atoms with Crippen LogP contribution in [0.2, 0.25) is 0 Å². The minimum atomic E-state index is -0.543. The van der Waals surface area contributed by atoms with Crippen LogP contribution in [0, 0.1) is 11.8 Å². The Hall–Kier alpha value is -1.12. The third-order valence-electron chi connectivity index (χ3n) is 6.38. The van der Waals surface area contributed by atoms with Crippen molar-refractivity contribution >= 4 is 0 Å². The first-order valence-electron chi connectivity index (χ1n) is 9.61. The Bertz CT molecular complexity index is 542. The Kier molecular flexibility index (Phi) is 5.46. The van der Waals surface area contributed by atoms with E-state index in [2.05, 4.69) is 48.7 Å². The van der Waals surface area contributed by atoms with E-state index >= 15 is 0 Å². The molecular formula is C22H33NO. The van der Waals surface area contributed by atoms with Crippen molar-refractivity contribution in [2.45, 2.75) is 64.0 Å². The molecule has 2 aliphatic rings. The normalized spacial score (nSPS) is 32.6. The number of nitrogens with zero attached hydrogens (tertiary/aromatic N) is 1. The summed E-state index contributed by atoms with van der Waals surface area (Å²) >= 11 is 0. The van der Waals surface area contributed by atoms with Gasteiger partial charge in [-0.25, -0.2) is 0 Å². The van der Waals surface area contributed by atoms with Gasteiger partial charge in [-0.2, -0.15) is 0 Å². The van der Waals surface area contributed by atoms with E-state index < -0.39 is 5.60 Å². The van der Waals surface area contributed by atoms with Crippen molar-refractivity contribution in [3.05, 3.63) is 48.0 Å². The van der Waals surface area contributed by atoms with Gasteiger partial charge >= 0.3 is 0 Å². The van der Waals surface area contributed by atoms with Crippen molar-refractivity contribution < 1.29 is 5.11 Å². The SMILES string of the molecule is C=C(C)C1CCC(C)(O)C(N2CCC(Cc3ccccc3)CC2)C1. The molecule has 1 N–H and O–H groups in total. The zero-order valence-electron chi connectivity index (χ0n) is 15.4. The van der Waals surface area contributed by atoms with Crippen LogP contribution in [-0.2, 0) is 6.42 Å². The molecule has 0 spiro atoms. The second-order valence-corrected chi connectivity index (χ2v) is 8.36. The van der Waals surface area contributed by atoms with Crippen molar-refractivity contribution in [3.8, 4) is 0 Å². The second kappa shape index (κ2) is 7.41. The van der Waals surface area contributed by atoms with E-state index in [-0.39, 0.29) is 0 Å². The number of benzene rings is 1. The summed E-state index contributed by atoms with van der Waals surface area (Å²) in [6.07, 6.45) is 6.76. The van der Waals surface area contributed by atoms with E-state index in [0.29, 0.717) is 12.0 Å². The molecule has 2 nitrogen and oxygen atoms in total. The molecule has 1 aromatic rings. The topological polar surface area (TPSA) is 23.5 Å². The summed E-state index contributed by atoms with van der Waals surface area (Å²) in [7, 11) is 0. The van der Waals surface area contributed by atoms with Gasteiger partial charge < -0.3 is 5.11 Å². The first-order chi connectivity index (χ1) is 11.5. The summed E-state index contributed by atoms with van der Waals surface area (Å²) < 4.78 is 0. The number of allylic oxidation sites excluding steroid dienone is 1. The molecule has 3 rings (SSSR count). The highest BCUT2D eigenvalue weighted by Gasteiger charge is 2.42. The average molecular weight is 328 g/mol. The highest BCUT2D eigenvalue weighted by molar-refractivity contribution is 5.15. The monoisotopic (exact) mass is 327 g/mol. The van der Waals surface area contributed by atoms with Gasteiger partial charge in [0.05, 0.1) is 5.60 Å². The lowest BCUT2D eigenvalue weighted by Crippen LogP contribution is -2.56. The zero-order chi connectivity index (χ0) is 17.2. The molecule has 3 atom stereocenters. The maximum Gasteiger partial charge on any atom is 0.0774 e. The first-order valence-corrected chi connectivity index (χ1v) is 9.61. The van der Waals surface area contributed by atoms with Crippen LogP contribution in [0.1, 0.15) is 51.5 Å². The van der Waals surface area contributed by atoms with Crippen LogP contribution in [0.4, 0.5) is 0 Å². The number of rotatable bonds is 4. The summed E-state index contributed by atoms with van der Waals surface area (Å²) in [5.74, 6) is 1.37. The van der Waals surface area contributed by atoms with Gasteiger partial charge in [-0.3, -0.25) is 4.90 Å². The maximum absolute atomic E-state index is 10.9. The number of hydrogen-bond acceptors (Lipinski definition) is 2. The second-order valence-electron chi connectivity index (χ2n) is 8.36. The van der Waals surface area contributed by atoms with Crippen molar-refractivity contribution in [2.24, 2.45) is 11.8 Å². The van der Waals surface area contributed by atoms with Gasteiger partial charge in [-0.15, -0.1) is 0 Å². The largest absolute Gasteiger partial charge is 0.389 e. The summed E-state index contributed by atoms with van der Waals surface area (Å²) in [5.41, 5.74) is 2.20. The molecule has 1 aromatic carbocycles. The van der Waals surface area contributed by atoms with Crippen LogP contribution in [0.25, 0.3) is 0 Å². The van der Waals surface area contributed by atoms with Crippen LogP contribution >= 0.6 is 0 Å². The molecule has 1 heterocycles. The zero-order valence-corrected chi connectivity index (χ0v) is 15.4. The quantitative estimate of drug-likeness (QED) is 0.827. The molecule has 2 heteroatoms. The fraction of sp³-hybridized carbons (Fsp3) is 0.636. The highest BCUT2D eigenvalue weighted by atomic mass is 16.3. The van der Waals surface area contributed by atoms with Crippen LogP contribution in [0.3, 0.4) is 0 Å². The minimum Gasteiger partial charge on any atom is -0.389 e. The molecule has 0 radical (unpaired) electrons. The third kappa shape index (κ3) is 4.10. The minimum absolute atomic E-state index is 0.297. The van der Waals surface area contributed by atoms with Gasteiger partial charge in [0.1, 0.15) is 0 Å². The molecule has 0 amide bonds. The number of aliphatic hydroxyl groups is 1. The van der Waals surface area contributed by atoms with E-state index in [9.17, 15) is 5.11 Å². The van der Waals surface area contributed by atoms with Crippen LogP contribution in [-0.4, -0.2) is 34.7 Å². The highest BCUT2D eigenvalue weighted by Crippen LogP contribution is 2.39. The van der Waals surface area contributed by atoms with Crippen molar-refractivity contribution in [3.63, 3.8) is 0 Å². The molecule has 0 aromatic heterocycles. The van der Waals surface area contributed by atoms with Crippen molar-refractivity contribution in [2.75, 3.05) is 13.1 Å². The summed E-state index contributed by atoms with van der Waals surface area (Å²) in [6, 6.07) is 11.2. The molecule has 1 saturated heterocycles. The standard InChI is InChI=1S/C22H33NO/c1-17(2)20-9-12-22(3,24)21(16-20)23-13-10-19(11-14-23)15-18-7-5-4-6-8-18/h4-8,19-21,24H,1,9-16H2,2-3H3. The molecule has 1 aliphatic carbocycles. The molecule has 1 aliphatic heterocycles. The molecular weight excluding hydrogens is 294 g/mol. The van der Waals surface area contributed by atoms with Gasteiger partial charge in [0.15, 0.2) is 0 Å². The van der Waals surface area contributed by atoms with Gasteiger partial charge in [-0.05, 0) is 82.9 Å². The predicted molar refractivity (Wildman–Crippen MR) is 101 cm³/mol. The summed E-state index contributed by atoms with van der Waals surface area (Å²) in [6.45, 7) is 10.6. The van der Waals surface area contributed by atoms with Gasteiger partial charge in [0.25, 0.3) is 0 Å². The predicted octanol–water partition coefficient (Wildman–Crippen LogP) is 4.44. The summed E-state index contributed by atoms with van der Waals surface area (Å²) in [5, 5.41) is 10.9. The fourth-order valence-electron chi connectivity index (χ4n) is 4.68. The van der Waals surface area contributed by atoms with E-state index in [1.165, 1.54) is 30.4 Å². The van der Waals surface area contributed by atoms with Gasteiger partial charge in [0, 0.05) is 6.04 Å². The maximum atomic E-state index is 10.9. The fourth-order valence-corrected chi connectivity index (χ4v) is 4.68. The Balaban J connectivity index is 1.57. The first kappa shape index (κ1) is 17.7. The molecule has 2 fully saturated rings. The van der Waals surface area contributed by atoms with E-state index in [1.807, 2.05) is 6.92 Å².